The van der Waals surface area contributed by atoms with Crippen molar-refractivity contribution in [3.05, 3.63) is 29.8 Å². The molecule has 0 aliphatic heterocycles. The zero-order valence-corrected chi connectivity index (χ0v) is 10.7. The predicted octanol–water partition coefficient (Wildman–Crippen LogP) is 3.04. The summed E-state index contributed by atoms with van der Waals surface area (Å²) in [5, 5.41) is 11.9. The SMILES string of the molecule is [2H]C([2H])([2H])N(C([2H])([2H])[2H])C([2H])([2H])[C@H](c1ccc(OC)cc1)C1(O)C([2H])([2H])C([2H])([2H])C([2H])([2H])C([2H])([2H])C1([2H])[2H]. The number of hydrogen-bond acceptors (Lipinski definition) is 3. The van der Waals surface area contributed by atoms with Crippen LogP contribution in [-0.4, -0.2) is 43.2 Å². The molecule has 0 bridgehead atoms. The van der Waals surface area contributed by atoms with Crippen LogP contribution in [-0.2, 0) is 0 Å². The molecule has 0 aromatic heterocycles. The Hall–Kier alpha value is -1.06. The van der Waals surface area contributed by atoms with E-state index >= 15 is 0 Å². The van der Waals surface area contributed by atoms with Crippen LogP contribution in [0, 0.1) is 0 Å². The first-order chi connectivity index (χ1) is 16.5. The molecule has 112 valence electrons. The lowest BCUT2D eigenvalue weighted by molar-refractivity contribution is -0.0277. The highest BCUT2D eigenvalue weighted by molar-refractivity contribution is 5.31. The van der Waals surface area contributed by atoms with Crippen LogP contribution in [0.5, 0.6) is 5.75 Å². The molecule has 3 nitrogen and oxygen atoms in total. The second-order valence-corrected chi connectivity index (χ2v) is 4.06. The summed E-state index contributed by atoms with van der Waals surface area (Å²) in [7, 11) is 1.23. The topological polar surface area (TPSA) is 32.7 Å². The van der Waals surface area contributed by atoms with Crippen molar-refractivity contribution in [1.29, 1.82) is 0 Å². The summed E-state index contributed by atoms with van der Waals surface area (Å²) in [5.41, 5.74) is -4.93. The van der Waals surface area contributed by atoms with Crippen LogP contribution in [0.3, 0.4) is 0 Å². The number of benzene rings is 1. The number of aliphatic hydroxyl groups is 1. The van der Waals surface area contributed by atoms with E-state index in [-0.39, 0.29) is 5.75 Å². The lowest BCUT2D eigenvalue weighted by Gasteiger charge is -2.40. The average molecular weight is 296 g/mol. The second kappa shape index (κ2) is 6.59. The van der Waals surface area contributed by atoms with Crippen molar-refractivity contribution < 1.29 is 34.5 Å². The maximum Gasteiger partial charge on any atom is 0.118 e. The van der Waals surface area contributed by atoms with Gasteiger partial charge >= 0.3 is 0 Å². The predicted molar refractivity (Wildman–Crippen MR) is 82.3 cm³/mol. The van der Waals surface area contributed by atoms with Crippen LogP contribution in [0.1, 0.15) is 68.0 Å². The largest absolute Gasteiger partial charge is 0.497 e. The van der Waals surface area contributed by atoms with Crippen molar-refractivity contribution in [3.8, 4) is 5.75 Å². The molecule has 1 atom stereocenters. The van der Waals surface area contributed by atoms with Crippen molar-refractivity contribution >= 4 is 0 Å². The standard InChI is InChI=1S/C17H27NO2/c1-18(2)13-16(17(19)11-5-4-6-12-17)14-7-9-15(20-3)10-8-14/h7-10,16,19H,4-6,11-13H2,1-3H3/t16-/m1/s1/i1D3,2D3,4D2,5D2,6D2,11D2,12D2,13D2. The molecule has 0 unspecified atom stereocenters. The fraction of sp³-hybridized carbons (Fsp3) is 0.647. The van der Waals surface area contributed by atoms with Crippen molar-refractivity contribution in [2.45, 2.75) is 43.4 Å². The van der Waals surface area contributed by atoms with E-state index in [1.807, 2.05) is 0 Å². The third-order valence-corrected chi connectivity index (χ3v) is 2.76. The van der Waals surface area contributed by atoms with Crippen LogP contribution in [0.2, 0.25) is 0 Å². The minimum Gasteiger partial charge on any atom is -0.497 e. The number of ether oxygens (including phenoxy) is 1. The lowest BCUT2D eigenvalue weighted by Crippen LogP contribution is -2.42. The molecule has 1 saturated carbocycles. The molecule has 20 heavy (non-hydrogen) atoms. The Bertz CT molecular complexity index is 985. The average Bonchev–Trinajstić information content (AvgIpc) is 2.69. The van der Waals surface area contributed by atoms with Crippen molar-refractivity contribution in [2.24, 2.45) is 0 Å². The van der Waals surface area contributed by atoms with E-state index in [1.54, 1.807) is 0 Å². The van der Waals surface area contributed by atoms with Crippen LogP contribution >= 0.6 is 0 Å². The van der Waals surface area contributed by atoms with Gasteiger partial charge in [-0.15, -0.1) is 0 Å². The highest BCUT2D eigenvalue weighted by Crippen LogP contribution is 2.40. The van der Waals surface area contributed by atoms with Crippen LogP contribution in [0.15, 0.2) is 24.3 Å². The fourth-order valence-electron chi connectivity index (χ4n) is 1.79. The van der Waals surface area contributed by atoms with Crippen LogP contribution < -0.4 is 4.74 Å². The third kappa shape index (κ3) is 3.53. The van der Waals surface area contributed by atoms with Gasteiger partial charge in [-0.05, 0) is 44.4 Å². The summed E-state index contributed by atoms with van der Waals surface area (Å²) in [5.74, 6) is -2.88. The highest BCUT2D eigenvalue weighted by Gasteiger charge is 2.38. The minimum atomic E-state index is -4.27. The molecule has 0 saturated heterocycles. The van der Waals surface area contributed by atoms with Gasteiger partial charge in [0.1, 0.15) is 5.75 Å². The molecular weight excluding hydrogens is 250 g/mol. The van der Waals surface area contributed by atoms with E-state index in [0.29, 0.717) is 0 Å². The zero-order chi connectivity index (χ0) is 30.3. The number of rotatable bonds is 5. The quantitative estimate of drug-likeness (QED) is 0.906. The zero-order valence-electron chi connectivity index (χ0n) is 28.7. The first-order valence-electron chi connectivity index (χ1n) is 14.7. The molecule has 1 aromatic carbocycles. The Morgan fingerprint density at radius 2 is 2.00 bits per heavy atom. The Kier molecular flexibility index (Phi) is 1.40. The summed E-state index contributed by atoms with van der Waals surface area (Å²) in [6.07, 6.45) is -20.5. The Morgan fingerprint density at radius 3 is 2.55 bits per heavy atom. The summed E-state index contributed by atoms with van der Waals surface area (Å²) in [6.45, 7) is -11.6. The third-order valence-electron chi connectivity index (χ3n) is 2.76. The van der Waals surface area contributed by atoms with Crippen molar-refractivity contribution in [2.75, 3.05) is 27.6 Å². The molecule has 1 fully saturated rings. The van der Waals surface area contributed by atoms with Gasteiger partial charge in [-0.2, -0.15) is 0 Å². The molecule has 3 heteroatoms. The van der Waals surface area contributed by atoms with Gasteiger partial charge in [0.2, 0.25) is 0 Å². The summed E-state index contributed by atoms with van der Waals surface area (Å²) in [4.78, 5) is -0.694. The van der Waals surface area contributed by atoms with Gasteiger partial charge in [0.25, 0.3) is 0 Å². The van der Waals surface area contributed by atoms with Crippen LogP contribution in [0.4, 0.5) is 0 Å². The molecule has 0 radical (unpaired) electrons. The Morgan fingerprint density at radius 1 is 1.35 bits per heavy atom. The number of methoxy groups -OCH3 is 1. The Labute approximate surface area is 147 Å². The van der Waals surface area contributed by atoms with Gasteiger partial charge in [-0.25, -0.2) is 0 Å². The first kappa shape index (κ1) is 4.23. The fourth-order valence-corrected chi connectivity index (χ4v) is 1.79. The molecule has 0 amide bonds. The smallest absolute Gasteiger partial charge is 0.118 e. The maximum absolute atomic E-state index is 11.9. The molecule has 0 heterocycles. The first-order valence-corrected chi connectivity index (χ1v) is 5.69. The van der Waals surface area contributed by atoms with Gasteiger partial charge in [-0.3, -0.25) is 0 Å². The Balaban J connectivity index is 3.17. The van der Waals surface area contributed by atoms with Gasteiger partial charge in [0, 0.05) is 37.1 Å². The van der Waals surface area contributed by atoms with Gasteiger partial charge in [0.15, 0.2) is 0 Å². The van der Waals surface area contributed by atoms with E-state index < -0.39 is 74.3 Å². The lowest BCUT2D eigenvalue weighted by atomic mass is 9.72. The van der Waals surface area contributed by atoms with E-state index in [9.17, 15) is 5.11 Å². The van der Waals surface area contributed by atoms with Gasteiger partial charge in [-0.1, -0.05) is 31.3 Å². The second-order valence-electron chi connectivity index (χ2n) is 4.06. The van der Waals surface area contributed by atoms with Crippen molar-refractivity contribution in [1.82, 2.24) is 4.90 Å². The number of likely N-dealkylation sites (N-methyl/N-ethyl adjacent to an activating group) is 1. The molecule has 1 aliphatic rings. The molecule has 2 rings (SSSR count). The number of nitrogens with zero attached hydrogens (tertiary/aromatic N) is 1. The molecular formula is C17H27NO2. The van der Waals surface area contributed by atoms with E-state index in [0.717, 1.165) is 24.3 Å². The number of hydrogen-bond donors (Lipinski definition) is 1. The van der Waals surface area contributed by atoms with E-state index in [4.69, 9.17) is 29.4 Å². The summed E-state index contributed by atoms with van der Waals surface area (Å²) in [6, 6.07) is 4.04. The van der Waals surface area contributed by atoms with Crippen molar-refractivity contribution in [3.63, 3.8) is 0 Å². The van der Waals surface area contributed by atoms with Crippen LogP contribution in [0.25, 0.3) is 0 Å². The molecule has 1 N–H and O–H groups in total. The molecule has 0 spiro atoms. The normalized spacial score (nSPS) is 47.8. The monoisotopic (exact) mass is 295 g/mol. The summed E-state index contributed by atoms with van der Waals surface area (Å²) < 4.78 is 151. The van der Waals surface area contributed by atoms with E-state index in [1.165, 1.54) is 7.11 Å². The van der Waals surface area contributed by atoms with Gasteiger partial charge < -0.3 is 14.7 Å². The minimum absolute atomic E-state index is 0.0974. The van der Waals surface area contributed by atoms with E-state index in [2.05, 4.69) is 0 Å². The molecule has 1 aliphatic carbocycles. The summed E-state index contributed by atoms with van der Waals surface area (Å²) >= 11 is 0. The maximum atomic E-state index is 11.9. The molecule has 1 aromatic rings. The highest BCUT2D eigenvalue weighted by atomic mass is 16.5. The van der Waals surface area contributed by atoms with Gasteiger partial charge in [0.05, 0.1) is 12.7 Å².